The van der Waals surface area contributed by atoms with Crippen molar-refractivity contribution in [2.24, 2.45) is 0 Å². The molecule has 8 heteroatoms. The van der Waals surface area contributed by atoms with Crippen LogP contribution in [0.3, 0.4) is 0 Å². The summed E-state index contributed by atoms with van der Waals surface area (Å²) in [5.74, 6) is -0.224. The van der Waals surface area contributed by atoms with Crippen molar-refractivity contribution in [3.63, 3.8) is 0 Å². The first-order valence-electron chi connectivity index (χ1n) is 8.51. The van der Waals surface area contributed by atoms with Gasteiger partial charge in [-0.3, -0.25) is 9.59 Å². The minimum atomic E-state index is -0.291. The molecule has 1 aromatic carbocycles. The summed E-state index contributed by atoms with van der Waals surface area (Å²) >= 11 is 0. The summed E-state index contributed by atoms with van der Waals surface area (Å²) in [5, 5.41) is 9.22. The molecule has 0 aliphatic heterocycles. The molecule has 2 N–H and O–H groups in total. The molecule has 27 heavy (non-hydrogen) atoms. The molecule has 0 unspecified atom stereocenters. The van der Waals surface area contributed by atoms with Crippen molar-refractivity contribution in [3.05, 3.63) is 70.2 Å². The number of nitrogens with one attached hydrogen (secondary N) is 2. The van der Waals surface area contributed by atoms with Crippen LogP contribution in [0.25, 0.3) is 11.1 Å². The van der Waals surface area contributed by atoms with E-state index < -0.39 is 0 Å². The number of nitrogens with zero attached hydrogens (tertiary/aromatic N) is 3. The van der Waals surface area contributed by atoms with Gasteiger partial charge < -0.3 is 14.6 Å². The van der Waals surface area contributed by atoms with Crippen LogP contribution in [-0.4, -0.2) is 39.4 Å². The van der Waals surface area contributed by atoms with Gasteiger partial charge >= 0.3 is 0 Å². The van der Waals surface area contributed by atoms with Crippen LogP contribution in [0.2, 0.25) is 0 Å². The van der Waals surface area contributed by atoms with Crippen molar-refractivity contribution in [1.82, 2.24) is 25.1 Å². The molecule has 0 spiro atoms. The van der Waals surface area contributed by atoms with Crippen molar-refractivity contribution < 1.29 is 9.53 Å². The van der Waals surface area contributed by atoms with E-state index in [4.69, 9.17) is 4.74 Å². The number of imidazole rings is 1. The first-order valence-corrected chi connectivity index (χ1v) is 8.51. The maximum Gasteiger partial charge on any atom is 0.272 e. The third kappa shape index (κ3) is 4.48. The highest BCUT2D eigenvalue weighted by Crippen LogP contribution is 2.17. The average molecular weight is 367 g/mol. The minimum absolute atomic E-state index is 0.224. The molecule has 3 rings (SSSR count). The van der Waals surface area contributed by atoms with E-state index >= 15 is 0 Å². The number of carbonyl (C=O) groups excluding carboxylic acids is 1. The summed E-state index contributed by atoms with van der Waals surface area (Å²) in [6.07, 6.45) is 3.42. The van der Waals surface area contributed by atoms with Crippen LogP contribution in [0.4, 0.5) is 0 Å². The number of aryl methyl sites for hydroxylation is 1. The number of ether oxygens (including phenoxy) is 1. The van der Waals surface area contributed by atoms with E-state index in [0.29, 0.717) is 42.1 Å². The van der Waals surface area contributed by atoms with E-state index in [1.54, 1.807) is 56.9 Å². The van der Waals surface area contributed by atoms with Crippen molar-refractivity contribution >= 4 is 5.91 Å². The molecule has 8 nitrogen and oxygen atoms in total. The largest absolute Gasteiger partial charge is 0.383 e. The SMILES string of the molecule is COCCn1cncc1CNC(=O)c1cccc(-c2cc(C)n[nH]c2=O)c1. The van der Waals surface area contributed by atoms with Gasteiger partial charge in [0.1, 0.15) is 0 Å². The van der Waals surface area contributed by atoms with Gasteiger partial charge in [0, 0.05) is 25.4 Å². The summed E-state index contributed by atoms with van der Waals surface area (Å²) in [6, 6.07) is 8.65. The Bertz CT molecular complexity index is 993. The number of rotatable bonds is 7. The highest BCUT2D eigenvalue weighted by molar-refractivity contribution is 5.95. The van der Waals surface area contributed by atoms with E-state index in [-0.39, 0.29) is 11.5 Å². The minimum Gasteiger partial charge on any atom is -0.383 e. The molecule has 3 aromatic rings. The van der Waals surface area contributed by atoms with Gasteiger partial charge in [0.05, 0.1) is 36.4 Å². The lowest BCUT2D eigenvalue weighted by molar-refractivity contribution is 0.0950. The van der Waals surface area contributed by atoms with E-state index in [0.717, 1.165) is 5.69 Å². The fraction of sp³-hybridized carbons (Fsp3) is 0.263. The van der Waals surface area contributed by atoms with E-state index in [2.05, 4.69) is 20.5 Å². The number of aromatic amines is 1. The average Bonchev–Trinajstić information content (AvgIpc) is 3.13. The fourth-order valence-corrected chi connectivity index (χ4v) is 2.71. The van der Waals surface area contributed by atoms with Gasteiger partial charge in [0.2, 0.25) is 0 Å². The number of methoxy groups -OCH3 is 1. The monoisotopic (exact) mass is 367 g/mol. The second-order valence-electron chi connectivity index (χ2n) is 6.09. The van der Waals surface area contributed by atoms with E-state index in [1.165, 1.54) is 0 Å². The third-order valence-corrected chi connectivity index (χ3v) is 4.13. The molecule has 0 aliphatic rings. The van der Waals surface area contributed by atoms with Crippen LogP contribution in [0.5, 0.6) is 0 Å². The van der Waals surface area contributed by atoms with Crippen LogP contribution in [0.1, 0.15) is 21.7 Å². The van der Waals surface area contributed by atoms with Crippen molar-refractivity contribution in [1.29, 1.82) is 0 Å². The quantitative estimate of drug-likeness (QED) is 0.659. The molecule has 2 aromatic heterocycles. The fourth-order valence-electron chi connectivity index (χ4n) is 2.71. The standard InChI is InChI=1S/C19H21N5O3/c1-13-8-17(19(26)23-22-13)14-4-3-5-15(9-14)18(25)21-11-16-10-20-12-24(16)6-7-27-2/h3-5,8-10,12H,6-7,11H2,1-2H3,(H,21,25)(H,23,26). The predicted octanol–water partition coefficient (Wildman–Crippen LogP) is 1.52. The Morgan fingerprint density at radius 1 is 1.33 bits per heavy atom. The second-order valence-corrected chi connectivity index (χ2v) is 6.09. The smallest absolute Gasteiger partial charge is 0.272 e. The summed E-state index contributed by atoms with van der Waals surface area (Å²) in [6.45, 7) is 3.38. The number of benzene rings is 1. The molecule has 0 fully saturated rings. The molecule has 0 atom stereocenters. The van der Waals surface area contributed by atoms with Gasteiger partial charge in [-0.15, -0.1) is 0 Å². The van der Waals surface area contributed by atoms with Crippen molar-refractivity contribution in [2.75, 3.05) is 13.7 Å². The number of H-pyrrole nitrogens is 1. The molecule has 2 heterocycles. The van der Waals surface area contributed by atoms with Crippen molar-refractivity contribution in [2.45, 2.75) is 20.0 Å². The van der Waals surface area contributed by atoms with Gasteiger partial charge in [0.25, 0.3) is 11.5 Å². The van der Waals surface area contributed by atoms with Crippen LogP contribution < -0.4 is 10.9 Å². The van der Waals surface area contributed by atoms with E-state index in [9.17, 15) is 9.59 Å². The maximum absolute atomic E-state index is 12.5. The van der Waals surface area contributed by atoms with Gasteiger partial charge in [-0.05, 0) is 30.7 Å². The molecule has 0 radical (unpaired) electrons. The van der Waals surface area contributed by atoms with E-state index in [1.807, 2.05) is 4.57 Å². The van der Waals surface area contributed by atoms with Crippen LogP contribution in [0.15, 0.2) is 47.7 Å². The zero-order chi connectivity index (χ0) is 19.2. The first-order chi connectivity index (χ1) is 13.1. The lowest BCUT2D eigenvalue weighted by Gasteiger charge is -2.10. The maximum atomic E-state index is 12.5. The summed E-state index contributed by atoms with van der Waals surface area (Å²) in [7, 11) is 1.64. The lowest BCUT2D eigenvalue weighted by atomic mass is 10.0. The number of hydrogen-bond acceptors (Lipinski definition) is 5. The Kier molecular flexibility index (Phi) is 5.77. The zero-order valence-electron chi connectivity index (χ0n) is 15.2. The molecular formula is C19H21N5O3. The van der Waals surface area contributed by atoms with Crippen LogP contribution >= 0.6 is 0 Å². The second kappa shape index (κ2) is 8.41. The molecule has 140 valence electrons. The Labute approximate surface area is 156 Å². The Hall–Kier alpha value is -3.26. The highest BCUT2D eigenvalue weighted by Gasteiger charge is 2.11. The Morgan fingerprint density at radius 2 is 2.19 bits per heavy atom. The summed E-state index contributed by atoms with van der Waals surface area (Å²) < 4.78 is 7.00. The van der Waals surface area contributed by atoms with Gasteiger partial charge in [-0.25, -0.2) is 10.1 Å². The van der Waals surface area contributed by atoms with Gasteiger partial charge in [-0.1, -0.05) is 12.1 Å². The lowest BCUT2D eigenvalue weighted by Crippen LogP contribution is -2.24. The van der Waals surface area contributed by atoms with Gasteiger partial charge in [-0.2, -0.15) is 5.10 Å². The Balaban J connectivity index is 1.74. The van der Waals surface area contributed by atoms with Gasteiger partial charge in [0.15, 0.2) is 0 Å². The molecular weight excluding hydrogens is 346 g/mol. The number of hydrogen-bond donors (Lipinski definition) is 2. The molecule has 1 amide bonds. The number of amides is 1. The zero-order valence-corrected chi connectivity index (χ0v) is 15.2. The number of aromatic nitrogens is 4. The number of carbonyl (C=O) groups is 1. The normalized spacial score (nSPS) is 10.7. The molecule has 0 saturated heterocycles. The molecule has 0 saturated carbocycles. The highest BCUT2D eigenvalue weighted by atomic mass is 16.5. The third-order valence-electron chi connectivity index (χ3n) is 4.13. The topological polar surface area (TPSA) is 102 Å². The first kappa shape index (κ1) is 18.5. The summed E-state index contributed by atoms with van der Waals surface area (Å²) in [5.41, 5.74) is 2.92. The molecule has 0 bridgehead atoms. The summed E-state index contributed by atoms with van der Waals surface area (Å²) in [4.78, 5) is 28.7. The molecule has 0 aliphatic carbocycles. The Morgan fingerprint density at radius 3 is 3.00 bits per heavy atom. The van der Waals surface area contributed by atoms with Crippen LogP contribution in [0, 0.1) is 6.92 Å². The van der Waals surface area contributed by atoms with Crippen molar-refractivity contribution in [3.8, 4) is 11.1 Å². The predicted molar refractivity (Wildman–Crippen MR) is 100 cm³/mol. The van der Waals surface area contributed by atoms with Crippen LogP contribution in [-0.2, 0) is 17.8 Å².